The van der Waals surface area contributed by atoms with Gasteiger partial charge in [0.25, 0.3) is 0 Å². The number of halogens is 3. The molecule has 0 fully saturated rings. The zero-order chi connectivity index (χ0) is 15.6. The predicted molar refractivity (Wildman–Crippen MR) is 93.1 cm³/mol. The Morgan fingerprint density at radius 1 is 0.952 bits per heavy atom. The molecule has 0 radical (unpaired) electrons. The highest BCUT2D eigenvalue weighted by Gasteiger charge is 2.21. The Morgan fingerprint density at radius 2 is 1.67 bits per heavy atom. The third-order valence-electron chi connectivity index (χ3n) is 3.06. The maximum Gasteiger partial charge on any atom is 0.142 e. The van der Waals surface area contributed by atoms with Gasteiger partial charge in [-0.25, -0.2) is 0 Å². The topological polar surface area (TPSA) is 38.7 Å². The number of methoxy groups -OCH3 is 2. The van der Waals surface area contributed by atoms with E-state index in [0.29, 0.717) is 21.5 Å². The Balaban J connectivity index is 2.55. The smallest absolute Gasteiger partial charge is 0.142 e. The largest absolute Gasteiger partial charge is 0.495 e. The average molecular weight is 481 g/mol. The lowest BCUT2D eigenvalue weighted by molar-refractivity contribution is 0.213. The van der Waals surface area contributed by atoms with Crippen molar-refractivity contribution < 1.29 is 14.6 Å². The summed E-state index contributed by atoms with van der Waals surface area (Å²) >= 11 is 10.3. The van der Waals surface area contributed by atoms with Crippen molar-refractivity contribution in [2.75, 3.05) is 14.2 Å². The summed E-state index contributed by atoms with van der Waals surface area (Å²) in [4.78, 5) is 0. The van der Waals surface area contributed by atoms with Crippen LogP contribution in [0.1, 0.15) is 17.2 Å². The number of rotatable bonds is 4. The van der Waals surface area contributed by atoms with E-state index in [-0.39, 0.29) is 0 Å². The fourth-order valence-corrected chi connectivity index (χ4v) is 3.55. The summed E-state index contributed by atoms with van der Waals surface area (Å²) in [6.45, 7) is 0. The van der Waals surface area contributed by atoms with Gasteiger partial charge in [0.2, 0.25) is 0 Å². The normalized spacial score (nSPS) is 12.1. The molecular formula is C15H13Br3O3. The molecule has 6 heteroatoms. The first-order valence-corrected chi connectivity index (χ1v) is 8.40. The van der Waals surface area contributed by atoms with Gasteiger partial charge in [-0.2, -0.15) is 0 Å². The molecule has 1 atom stereocenters. The van der Waals surface area contributed by atoms with Crippen molar-refractivity contribution in [1.82, 2.24) is 0 Å². The monoisotopic (exact) mass is 478 g/mol. The third-order valence-corrected chi connectivity index (χ3v) is 5.03. The van der Waals surface area contributed by atoms with Crippen LogP contribution in [0, 0.1) is 0 Å². The van der Waals surface area contributed by atoms with Crippen molar-refractivity contribution in [1.29, 1.82) is 0 Å². The van der Waals surface area contributed by atoms with Crippen molar-refractivity contribution >= 4 is 47.8 Å². The second-order valence-electron chi connectivity index (χ2n) is 4.27. The summed E-state index contributed by atoms with van der Waals surface area (Å²) in [6.07, 6.45) is -0.825. The second kappa shape index (κ2) is 7.13. The first kappa shape index (κ1) is 16.8. The molecule has 1 N–H and O–H groups in total. The van der Waals surface area contributed by atoms with Gasteiger partial charge in [-0.15, -0.1) is 0 Å². The van der Waals surface area contributed by atoms with Crippen LogP contribution in [0.3, 0.4) is 0 Å². The molecule has 0 bridgehead atoms. The Labute approximate surface area is 148 Å². The first-order valence-electron chi connectivity index (χ1n) is 6.03. The number of benzene rings is 2. The fraction of sp³-hybridized carbons (Fsp3) is 0.200. The van der Waals surface area contributed by atoms with Crippen molar-refractivity contribution in [2.24, 2.45) is 0 Å². The molecule has 0 spiro atoms. The van der Waals surface area contributed by atoms with Gasteiger partial charge in [-0.1, -0.05) is 31.9 Å². The van der Waals surface area contributed by atoms with Gasteiger partial charge in [-0.05, 0) is 46.3 Å². The second-order valence-corrected chi connectivity index (χ2v) is 6.84. The van der Waals surface area contributed by atoms with Gasteiger partial charge in [0, 0.05) is 20.1 Å². The Kier molecular flexibility index (Phi) is 5.71. The molecule has 0 aromatic heterocycles. The molecule has 0 saturated carbocycles. The van der Waals surface area contributed by atoms with E-state index in [1.807, 2.05) is 18.2 Å². The van der Waals surface area contributed by atoms with Crippen LogP contribution in [-0.2, 0) is 0 Å². The van der Waals surface area contributed by atoms with Crippen LogP contribution in [0.25, 0.3) is 0 Å². The maximum atomic E-state index is 10.7. The van der Waals surface area contributed by atoms with Crippen LogP contribution in [0.5, 0.6) is 11.5 Å². The van der Waals surface area contributed by atoms with E-state index in [2.05, 4.69) is 47.8 Å². The van der Waals surface area contributed by atoms with Gasteiger partial charge in [0.15, 0.2) is 0 Å². The van der Waals surface area contributed by atoms with E-state index in [1.165, 1.54) is 0 Å². The molecule has 0 aliphatic rings. The van der Waals surface area contributed by atoms with Crippen molar-refractivity contribution in [3.63, 3.8) is 0 Å². The van der Waals surface area contributed by atoms with E-state index >= 15 is 0 Å². The highest BCUT2D eigenvalue weighted by molar-refractivity contribution is 9.11. The molecule has 21 heavy (non-hydrogen) atoms. The van der Waals surface area contributed by atoms with Crippen LogP contribution in [0.2, 0.25) is 0 Å². The maximum absolute atomic E-state index is 10.7. The van der Waals surface area contributed by atoms with Crippen LogP contribution in [0.15, 0.2) is 43.7 Å². The van der Waals surface area contributed by atoms with Crippen molar-refractivity contribution in [2.45, 2.75) is 6.10 Å². The number of hydrogen-bond donors (Lipinski definition) is 1. The summed E-state index contributed by atoms with van der Waals surface area (Å²) in [5.74, 6) is 1.20. The van der Waals surface area contributed by atoms with Crippen LogP contribution < -0.4 is 9.47 Å². The van der Waals surface area contributed by atoms with E-state index < -0.39 is 6.10 Å². The third kappa shape index (κ3) is 3.44. The summed E-state index contributed by atoms with van der Waals surface area (Å²) in [5, 5.41) is 10.7. The van der Waals surface area contributed by atoms with Gasteiger partial charge in [0.1, 0.15) is 22.1 Å². The minimum atomic E-state index is -0.825. The van der Waals surface area contributed by atoms with Gasteiger partial charge >= 0.3 is 0 Å². The van der Waals surface area contributed by atoms with Crippen molar-refractivity contribution in [3.05, 3.63) is 54.9 Å². The SMILES string of the molecule is COc1ccc(C(O)c2cc(Br)ccc2Br)c(OC)c1Br. The van der Waals surface area contributed by atoms with E-state index in [9.17, 15) is 5.11 Å². The molecule has 0 heterocycles. The van der Waals surface area contributed by atoms with E-state index in [4.69, 9.17) is 9.47 Å². The Morgan fingerprint density at radius 3 is 2.29 bits per heavy atom. The standard InChI is InChI=1S/C15H13Br3O3/c1-20-12-6-4-9(15(21-2)13(12)18)14(19)10-7-8(16)3-5-11(10)17/h3-7,14,19H,1-2H3. The quantitative estimate of drug-likeness (QED) is 0.663. The van der Waals surface area contributed by atoms with Gasteiger partial charge in [0.05, 0.1) is 14.2 Å². The van der Waals surface area contributed by atoms with Crippen LogP contribution >= 0.6 is 47.8 Å². The number of hydrogen-bond acceptors (Lipinski definition) is 3. The lowest BCUT2D eigenvalue weighted by atomic mass is 10.0. The molecule has 0 amide bonds. The van der Waals surface area contributed by atoms with Crippen LogP contribution in [-0.4, -0.2) is 19.3 Å². The molecular weight excluding hydrogens is 468 g/mol. The zero-order valence-corrected chi connectivity index (χ0v) is 16.1. The fourth-order valence-electron chi connectivity index (χ4n) is 2.03. The van der Waals surface area contributed by atoms with Crippen LogP contribution in [0.4, 0.5) is 0 Å². The Bertz CT molecular complexity index is 659. The molecule has 2 aromatic rings. The first-order chi connectivity index (χ1) is 9.99. The molecule has 1 unspecified atom stereocenters. The molecule has 2 aromatic carbocycles. The van der Waals surface area contributed by atoms with Gasteiger partial charge < -0.3 is 14.6 Å². The average Bonchev–Trinajstić information content (AvgIpc) is 2.48. The van der Waals surface area contributed by atoms with Crippen molar-refractivity contribution in [3.8, 4) is 11.5 Å². The molecule has 0 saturated heterocycles. The molecule has 3 nitrogen and oxygen atoms in total. The number of ether oxygens (including phenoxy) is 2. The molecule has 2 rings (SSSR count). The summed E-state index contributed by atoms with van der Waals surface area (Å²) < 4.78 is 13.1. The lowest BCUT2D eigenvalue weighted by Crippen LogP contribution is -2.04. The minimum absolute atomic E-state index is 0.550. The summed E-state index contributed by atoms with van der Waals surface area (Å²) in [6, 6.07) is 9.24. The van der Waals surface area contributed by atoms with E-state index in [1.54, 1.807) is 26.4 Å². The molecule has 0 aliphatic heterocycles. The Hall–Kier alpha value is -0.560. The zero-order valence-electron chi connectivity index (χ0n) is 11.4. The highest BCUT2D eigenvalue weighted by Crippen LogP contribution is 2.42. The summed E-state index contributed by atoms with van der Waals surface area (Å²) in [7, 11) is 3.15. The summed E-state index contributed by atoms with van der Waals surface area (Å²) in [5.41, 5.74) is 1.41. The number of aliphatic hydroxyl groups is 1. The number of aliphatic hydroxyl groups excluding tert-OH is 1. The minimum Gasteiger partial charge on any atom is -0.495 e. The molecule has 112 valence electrons. The van der Waals surface area contributed by atoms with Gasteiger partial charge in [-0.3, -0.25) is 0 Å². The lowest BCUT2D eigenvalue weighted by Gasteiger charge is -2.19. The van der Waals surface area contributed by atoms with E-state index in [0.717, 1.165) is 14.5 Å². The highest BCUT2D eigenvalue weighted by atomic mass is 79.9. The molecule has 0 aliphatic carbocycles. The predicted octanol–water partition coefficient (Wildman–Crippen LogP) is 5.07.